The van der Waals surface area contributed by atoms with E-state index in [-0.39, 0.29) is 11.2 Å². The second-order valence-electron chi connectivity index (χ2n) is 8.62. The van der Waals surface area contributed by atoms with Crippen molar-refractivity contribution >= 4 is 22.8 Å². The smallest absolute Gasteiger partial charge is 0.310 e. The van der Waals surface area contributed by atoms with Crippen molar-refractivity contribution in [3.05, 3.63) is 86.1 Å². The first-order chi connectivity index (χ1) is 15.4. The standard InChI is InChI=1S/C25H27N5O2/c1-17-14-18(2)16-20(15-17)28-12-13-29-21-22(26-24(28)29)27(3)25(32)30(23(21)31)11-7-10-19-8-5-4-6-9-19/h4-6,8-9,14-16H,7,10-13H2,1-3H3. The molecule has 32 heavy (non-hydrogen) atoms. The Morgan fingerprint density at radius 2 is 1.69 bits per heavy atom. The fourth-order valence-electron chi connectivity index (χ4n) is 4.71. The molecule has 1 aliphatic heterocycles. The third-order valence-corrected chi connectivity index (χ3v) is 6.21. The summed E-state index contributed by atoms with van der Waals surface area (Å²) in [6.07, 6.45) is 1.54. The highest BCUT2D eigenvalue weighted by Gasteiger charge is 2.28. The number of fused-ring (bicyclic) bond motifs is 3. The summed E-state index contributed by atoms with van der Waals surface area (Å²) < 4.78 is 4.83. The van der Waals surface area contributed by atoms with Gasteiger partial charge in [0.15, 0.2) is 11.2 Å². The summed E-state index contributed by atoms with van der Waals surface area (Å²) in [6, 6.07) is 16.5. The van der Waals surface area contributed by atoms with Crippen molar-refractivity contribution in [1.82, 2.24) is 18.7 Å². The highest BCUT2D eigenvalue weighted by atomic mass is 16.2. The first kappa shape index (κ1) is 20.3. The molecule has 164 valence electrons. The summed E-state index contributed by atoms with van der Waals surface area (Å²) in [6.45, 7) is 5.95. The van der Waals surface area contributed by atoms with Gasteiger partial charge in [-0.2, -0.15) is 4.98 Å². The molecule has 0 radical (unpaired) electrons. The van der Waals surface area contributed by atoms with Gasteiger partial charge in [0.1, 0.15) is 0 Å². The first-order valence-electron chi connectivity index (χ1n) is 11.0. The fraction of sp³-hybridized carbons (Fsp3) is 0.320. The van der Waals surface area contributed by atoms with Crippen LogP contribution in [0.3, 0.4) is 0 Å². The summed E-state index contributed by atoms with van der Waals surface area (Å²) in [5, 5.41) is 0. The van der Waals surface area contributed by atoms with Crippen molar-refractivity contribution in [2.75, 3.05) is 11.4 Å². The van der Waals surface area contributed by atoms with Crippen LogP contribution in [-0.4, -0.2) is 25.2 Å². The average Bonchev–Trinajstić information content (AvgIpc) is 3.34. The van der Waals surface area contributed by atoms with Crippen LogP contribution in [-0.2, 0) is 26.6 Å². The van der Waals surface area contributed by atoms with Crippen molar-refractivity contribution in [3.63, 3.8) is 0 Å². The molecule has 4 aromatic rings. The van der Waals surface area contributed by atoms with E-state index in [0.29, 0.717) is 24.3 Å². The Bertz CT molecular complexity index is 1410. The Labute approximate surface area is 186 Å². The molecule has 1 aliphatic rings. The summed E-state index contributed by atoms with van der Waals surface area (Å²) in [5.74, 6) is 0.721. The molecule has 2 aromatic carbocycles. The molecular formula is C25H27N5O2. The molecule has 7 heteroatoms. The molecule has 0 saturated heterocycles. The second-order valence-corrected chi connectivity index (χ2v) is 8.62. The molecule has 0 bridgehead atoms. The van der Waals surface area contributed by atoms with Gasteiger partial charge < -0.3 is 9.47 Å². The quantitative estimate of drug-likeness (QED) is 0.488. The molecule has 0 spiro atoms. The molecular weight excluding hydrogens is 402 g/mol. The number of aromatic nitrogens is 4. The van der Waals surface area contributed by atoms with Crippen molar-refractivity contribution < 1.29 is 0 Å². The molecule has 0 atom stereocenters. The molecule has 5 rings (SSSR count). The number of benzene rings is 2. The van der Waals surface area contributed by atoms with Gasteiger partial charge in [0.2, 0.25) is 5.95 Å². The van der Waals surface area contributed by atoms with E-state index < -0.39 is 0 Å². The van der Waals surface area contributed by atoms with Crippen molar-refractivity contribution in [2.24, 2.45) is 7.05 Å². The van der Waals surface area contributed by atoms with Crippen molar-refractivity contribution in [1.29, 1.82) is 0 Å². The van der Waals surface area contributed by atoms with E-state index in [1.54, 1.807) is 7.05 Å². The van der Waals surface area contributed by atoms with E-state index in [1.807, 2.05) is 22.8 Å². The minimum Gasteiger partial charge on any atom is -0.310 e. The SMILES string of the molecule is Cc1cc(C)cc(N2CCn3c2nc2c3c(=O)n(CCCc3ccccc3)c(=O)n2C)c1. The molecule has 0 amide bonds. The second kappa shape index (κ2) is 7.82. The lowest BCUT2D eigenvalue weighted by atomic mass is 10.1. The highest BCUT2D eigenvalue weighted by Crippen LogP contribution is 2.32. The van der Waals surface area contributed by atoms with Crippen LogP contribution in [0.15, 0.2) is 58.1 Å². The predicted molar refractivity (Wildman–Crippen MR) is 127 cm³/mol. The zero-order chi connectivity index (χ0) is 22.4. The average molecular weight is 430 g/mol. The summed E-state index contributed by atoms with van der Waals surface area (Å²) >= 11 is 0. The minimum atomic E-state index is -0.315. The molecule has 0 saturated carbocycles. The van der Waals surface area contributed by atoms with Gasteiger partial charge in [0.25, 0.3) is 5.56 Å². The number of hydrogen-bond donors (Lipinski definition) is 0. The van der Waals surface area contributed by atoms with Gasteiger partial charge in [-0.25, -0.2) is 4.79 Å². The highest BCUT2D eigenvalue weighted by molar-refractivity contribution is 5.78. The number of aryl methyl sites for hydroxylation is 4. The third kappa shape index (κ3) is 3.34. The number of rotatable bonds is 5. The molecule has 2 aromatic heterocycles. The monoisotopic (exact) mass is 429 g/mol. The van der Waals surface area contributed by atoms with Gasteiger partial charge in [0, 0.05) is 32.4 Å². The van der Waals surface area contributed by atoms with E-state index in [9.17, 15) is 9.59 Å². The molecule has 0 aliphatic carbocycles. The summed E-state index contributed by atoms with van der Waals surface area (Å²) in [7, 11) is 1.70. The maximum atomic E-state index is 13.4. The van der Waals surface area contributed by atoms with Crippen LogP contribution in [0.1, 0.15) is 23.1 Å². The fourth-order valence-corrected chi connectivity index (χ4v) is 4.71. The van der Waals surface area contributed by atoms with Crippen LogP contribution in [0, 0.1) is 13.8 Å². The van der Waals surface area contributed by atoms with Gasteiger partial charge in [-0.15, -0.1) is 0 Å². The van der Waals surface area contributed by atoms with Crippen LogP contribution in [0.5, 0.6) is 0 Å². The van der Waals surface area contributed by atoms with Gasteiger partial charge in [-0.05, 0) is 55.5 Å². The lowest BCUT2D eigenvalue weighted by Gasteiger charge is -2.17. The minimum absolute atomic E-state index is 0.253. The number of nitrogens with zero attached hydrogens (tertiary/aromatic N) is 5. The normalized spacial score (nSPS) is 13.2. The Morgan fingerprint density at radius 1 is 0.969 bits per heavy atom. The van der Waals surface area contributed by atoms with Crippen LogP contribution in [0.4, 0.5) is 11.6 Å². The molecule has 0 N–H and O–H groups in total. The Hall–Kier alpha value is -3.61. The van der Waals surface area contributed by atoms with Gasteiger partial charge in [0.05, 0.1) is 0 Å². The van der Waals surface area contributed by atoms with E-state index in [1.165, 1.54) is 25.8 Å². The maximum absolute atomic E-state index is 13.4. The van der Waals surface area contributed by atoms with Gasteiger partial charge in [-0.3, -0.25) is 13.9 Å². The third-order valence-electron chi connectivity index (χ3n) is 6.21. The van der Waals surface area contributed by atoms with Crippen molar-refractivity contribution in [3.8, 4) is 0 Å². The lowest BCUT2D eigenvalue weighted by Crippen LogP contribution is -2.39. The van der Waals surface area contributed by atoms with Gasteiger partial charge in [-0.1, -0.05) is 36.4 Å². The van der Waals surface area contributed by atoms with E-state index >= 15 is 0 Å². The van der Waals surface area contributed by atoms with Crippen molar-refractivity contribution in [2.45, 2.75) is 39.8 Å². The molecule has 0 unspecified atom stereocenters. The topological polar surface area (TPSA) is 65.1 Å². The summed E-state index contributed by atoms with van der Waals surface area (Å²) in [5.41, 5.74) is 5.02. The van der Waals surface area contributed by atoms with E-state index in [0.717, 1.165) is 31.0 Å². The maximum Gasteiger partial charge on any atom is 0.332 e. The number of hydrogen-bond acceptors (Lipinski definition) is 4. The largest absolute Gasteiger partial charge is 0.332 e. The Kier molecular flexibility index (Phi) is 4.96. The Balaban J connectivity index is 1.54. The number of imidazole rings is 1. The first-order valence-corrected chi connectivity index (χ1v) is 11.0. The predicted octanol–water partition coefficient (Wildman–Crippen LogP) is 3.30. The van der Waals surface area contributed by atoms with E-state index in [4.69, 9.17) is 4.98 Å². The van der Waals surface area contributed by atoms with Crippen LogP contribution < -0.4 is 16.1 Å². The van der Waals surface area contributed by atoms with Crippen LogP contribution in [0.2, 0.25) is 0 Å². The molecule has 0 fully saturated rings. The lowest BCUT2D eigenvalue weighted by molar-refractivity contribution is 0.570. The number of anilines is 2. The Morgan fingerprint density at radius 3 is 2.41 bits per heavy atom. The summed E-state index contributed by atoms with van der Waals surface area (Å²) in [4.78, 5) is 33.2. The van der Waals surface area contributed by atoms with Gasteiger partial charge >= 0.3 is 5.69 Å². The zero-order valence-corrected chi connectivity index (χ0v) is 18.7. The zero-order valence-electron chi connectivity index (χ0n) is 18.7. The van der Waals surface area contributed by atoms with Crippen LogP contribution >= 0.6 is 0 Å². The molecule has 3 heterocycles. The molecule has 7 nitrogen and oxygen atoms in total. The van der Waals surface area contributed by atoms with Crippen LogP contribution in [0.25, 0.3) is 11.2 Å². The van der Waals surface area contributed by atoms with E-state index in [2.05, 4.69) is 49.1 Å².